The Hall–Kier alpha value is -1.47. The zero-order valence-corrected chi connectivity index (χ0v) is 13.5. The molecule has 0 bridgehead atoms. The molecule has 0 spiro atoms. The second-order valence-electron chi connectivity index (χ2n) is 6.13. The minimum atomic E-state index is -4.06. The van der Waals surface area contributed by atoms with E-state index >= 15 is 0 Å². The van der Waals surface area contributed by atoms with Crippen LogP contribution in [-0.4, -0.2) is 25.5 Å². The molecule has 0 aliphatic rings. The lowest BCUT2D eigenvalue weighted by Crippen LogP contribution is -2.49. The zero-order valence-electron chi connectivity index (χ0n) is 12.7. The molecule has 7 heteroatoms. The molecular weight excluding hydrogens is 297 g/mol. The van der Waals surface area contributed by atoms with Crippen molar-refractivity contribution in [3.63, 3.8) is 0 Å². The second kappa shape index (κ2) is 5.73. The molecule has 1 atom stereocenters. The zero-order chi connectivity index (χ0) is 16.6. The number of aryl methyl sites for hydroxylation is 2. The lowest BCUT2D eigenvalue weighted by atomic mass is 9.88. The van der Waals surface area contributed by atoms with E-state index in [2.05, 4.69) is 4.72 Å². The summed E-state index contributed by atoms with van der Waals surface area (Å²) in [5.74, 6) is -1.79. The monoisotopic (exact) mass is 317 g/mol. The molecule has 0 saturated carbocycles. The molecule has 0 aliphatic heterocycles. The van der Waals surface area contributed by atoms with E-state index in [4.69, 9.17) is 0 Å². The molecule has 2 N–H and O–H groups in total. The maximum atomic E-state index is 13.3. The van der Waals surface area contributed by atoms with Gasteiger partial charge in [-0.05, 0) is 42.5 Å². The van der Waals surface area contributed by atoms with Crippen LogP contribution >= 0.6 is 0 Å². The number of hydrogen-bond donors (Lipinski definition) is 2. The highest BCUT2D eigenvalue weighted by atomic mass is 32.2. The van der Waals surface area contributed by atoms with Crippen molar-refractivity contribution in [2.24, 2.45) is 5.41 Å². The predicted octanol–water partition coefficient (Wildman–Crippen LogP) is 2.22. The molecule has 0 aromatic heterocycles. The van der Waals surface area contributed by atoms with Crippen molar-refractivity contribution in [1.82, 2.24) is 4.72 Å². The van der Waals surface area contributed by atoms with E-state index in [1.165, 1.54) is 13.8 Å². The molecule has 0 radical (unpaired) electrons. The van der Waals surface area contributed by atoms with Gasteiger partial charge in [0.2, 0.25) is 10.0 Å². The molecule has 0 heterocycles. The Kier molecular flexibility index (Phi) is 4.80. The number of carbonyl (C=O) groups is 1. The summed E-state index contributed by atoms with van der Waals surface area (Å²) < 4.78 is 40.4. The first-order valence-electron chi connectivity index (χ1n) is 6.38. The van der Waals surface area contributed by atoms with Gasteiger partial charge in [-0.25, -0.2) is 12.8 Å². The van der Waals surface area contributed by atoms with E-state index in [1.54, 1.807) is 20.8 Å². The van der Waals surface area contributed by atoms with Crippen LogP contribution in [-0.2, 0) is 14.8 Å². The van der Waals surface area contributed by atoms with Crippen LogP contribution < -0.4 is 4.72 Å². The Balaban J connectivity index is 3.33. The molecule has 1 aromatic rings. The number of hydrogen-bond acceptors (Lipinski definition) is 3. The molecule has 5 nitrogen and oxygen atoms in total. The number of aliphatic carboxylic acids is 1. The average molecular weight is 317 g/mol. The molecule has 1 rings (SSSR count). The van der Waals surface area contributed by atoms with Gasteiger partial charge in [-0.1, -0.05) is 20.8 Å². The first-order chi connectivity index (χ1) is 9.36. The topological polar surface area (TPSA) is 83.5 Å². The van der Waals surface area contributed by atoms with Gasteiger partial charge < -0.3 is 5.11 Å². The van der Waals surface area contributed by atoms with Gasteiger partial charge in [0.15, 0.2) is 0 Å². The molecule has 118 valence electrons. The maximum absolute atomic E-state index is 13.3. The molecule has 0 unspecified atom stereocenters. The molecule has 0 saturated heterocycles. The largest absolute Gasteiger partial charge is 0.480 e. The van der Waals surface area contributed by atoms with Crippen molar-refractivity contribution < 1.29 is 22.7 Å². The fraction of sp³-hybridized carbons (Fsp3) is 0.500. The van der Waals surface area contributed by atoms with Crippen LogP contribution in [0.4, 0.5) is 4.39 Å². The number of carboxylic acid groups (broad SMARTS) is 1. The summed E-state index contributed by atoms with van der Waals surface area (Å²) in [5.41, 5.74) is -0.336. The number of sulfonamides is 1. The third-order valence-electron chi connectivity index (χ3n) is 3.08. The van der Waals surface area contributed by atoms with Crippen molar-refractivity contribution >= 4 is 16.0 Å². The number of rotatable bonds is 4. The normalized spacial score (nSPS) is 14.0. The Morgan fingerprint density at radius 2 is 1.67 bits per heavy atom. The molecule has 0 fully saturated rings. The van der Waals surface area contributed by atoms with Gasteiger partial charge in [0.1, 0.15) is 11.9 Å². The SMILES string of the molecule is Cc1cc(F)cc(C)c1S(=O)(=O)N[C@@H](C(=O)O)C(C)(C)C. The Morgan fingerprint density at radius 3 is 2.00 bits per heavy atom. The minimum Gasteiger partial charge on any atom is -0.480 e. The quantitative estimate of drug-likeness (QED) is 0.892. The molecule has 0 amide bonds. The molecule has 21 heavy (non-hydrogen) atoms. The summed E-state index contributed by atoms with van der Waals surface area (Å²) in [7, 11) is -4.06. The molecular formula is C14H20FNO4S. The van der Waals surface area contributed by atoms with Crippen molar-refractivity contribution in [3.8, 4) is 0 Å². The van der Waals surface area contributed by atoms with E-state index in [1.807, 2.05) is 0 Å². The minimum absolute atomic E-state index is 0.0839. The van der Waals surface area contributed by atoms with E-state index < -0.39 is 33.3 Å². The van der Waals surface area contributed by atoms with Gasteiger partial charge in [0.25, 0.3) is 0 Å². The first-order valence-corrected chi connectivity index (χ1v) is 7.86. The van der Waals surface area contributed by atoms with Crippen molar-refractivity contribution in [1.29, 1.82) is 0 Å². The van der Waals surface area contributed by atoms with Gasteiger partial charge in [0, 0.05) is 0 Å². The summed E-state index contributed by atoms with van der Waals surface area (Å²) >= 11 is 0. The maximum Gasteiger partial charge on any atom is 0.322 e. The smallest absolute Gasteiger partial charge is 0.322 e. The van der Waals surface area contributed by atoms with Crippen LogP contribution in [0.2, 0.25) is 0 Å². The van der Waals surface area contributed by atoms with Crippen molar-refractivity contribution in [2.45, 2.75) is 45.6 Å². The second-order valence-corrected chi connectivity index (χ2v) is 7.78. The Labute approximate surface area is 124 Å². The van der Waals surface area contributed by atoms with Gasteiger partial charge in [-0.3, -0.25) is 4.79 Å². The van der Waals surface area contributed by atoms with Gasteiger partial charge in [-0.2, -0.15) is 4.72 Å². The number of halogens is 1. The van der Waals surface area contributed by atoms with Gasteiger partial charge >= 0.3 is 5.97 Å². The fourth-order valence-corrected chi connectivity index (χ4v) is 3.98. The predicted molar refractivity (Wildman–Crippen MR) is 77.1 cm³/mol. The third kappa shape index (κ3) is 4.01. The van der Waals surface area contributed by atoms with Gasteiger partial charge in [-0.15, -0.1) is 0 Å². The van der Waals surface area contributed by atoms with Crippen LogP contribution in [0, 0.1) is 25.1 Å². The highest BCUT2D eigenvalue weighted by molar-refractivity contribution is 7.89. The number of benzene rings is 1. The summed E-state index contributed by atoms with van der Waals surface area (Å²) in [6, 6.07) is 0.925. The first kappa shape index (κ1) is 17.6. The highest BCUT2D eigenvalue weighted by Crippen LogP contribution is 2.25. The van der Waals surface area contributed by atoms with Gasteiger partial charge in [0.05, 0.1) is 4.90 Å². The van der Waals surface area contributed by atoms with Crippen LogP contribution in [0.25, 0.3) is 0 Å². The van der Waals surface area contributed by atoms with E-state index in [-0.39, 0.29) is 16.0 Å². The van der Waals surface area contributed by atoms with E-state index in [0.717, 1.165) is 12.1 Å². The molecule has 1 aromatic carbocycles. The van der Waals surface area contributed by atoms with Crippen molar-refractivity contribution in [2.75, 3.05) is 0 Å². The molecule has 0 aliphatic carbocycles. The Bertz CT molecular complexity index is 639. The van der Waals surface area contributed by atoms with Crippen LogP contribution in [0.5, 0.6) is 0 Å². The lowest BCUT2D eigenvalue weighted by molar-refractivity contribution is -0.141. The highest BCUT2D eigenvalue weighted by Gasteiger charge is 2.36. The standard InChI is InChI=1S/C14H20FNO4S/c1-8-6-10(15)7-9(2)11(8)21(19,20)16-12(13(17)18)14(3,4)5/h6-7,12,16H,1-5H3,(H,17,18)/t12-/m0/s1. The number of nitrogens with one attached hydrogen (secondary N) is 1. The summed E-state index contributed by atoms with van der Waals surface area (Å²) in [4.78, 5) is 11.2. The number of carboxylic acids is 1. The van der Waals surface area contributed by atoms with Crippen LogP contribution in [0.3, 0.4) is 0 Å². The van der Waals surface area contributed by atoms with Crippen LogP contribution in [0.15, 0.2) is 17.0 Å². The summed E-state index contributed by atoms with van der Waals surface area (Å²) in [6.07, 6.45) is 0. The van der Waals surface area contributed by atoms with Crippen LogP contribution in [0.1, 0.15) is 31.9 Å². The van der Waals surface area contributed by atoms with E-state index in [0.29, 0.717) is 0 Å². The fourth-order valence-electron chi connectivity index (χ4n) is 2.13. The summed E-state index contributed by atoms with van der Waals surface area (Å²) in [6.45, 7) is 7.81. The third-order valence-corrected chi connectivity index (χ3v) is 4.81. The summed E-state index contributed by atoms with van der Waals surface area (Å²) in [5, 5.41) is 9.21. The lowest BCUT2D eigenvalue weighted by Gasteiger charge is -2.28. The van der Waals surface area contributed by atoms with E-state index in [9.17, 15) is 22.7 Å². The average Bonchev–Trinajstić information content (AvgIpc) is 2.21. The van der Waals surface area contributed by atoms with Crippen molar-refractivity contribution in [3.05, 3.63) is 29.1 Å². The Morgan fingerprint density at radius 1 is 1.24 bits per heavy atom.